The van der Waals surface area contributed by atoms with Gasteiger partial charge >= 0.3 is 5.97 Å². The zero-order valence-corrected chi connectivity index (χ0v) is 10.4. The van der Waals surface area contributed by atoms with Gasteiger partial charge in [-0.1, -0.05) is 13.0 Å². The number of carbonyl (C=O) groups is 1. The van der Waals surface area contributed by atoms with Crippen molar-refractivity contribution >= 4 is 5.97 Å². The van der Waals surface area contributed by atoms with E-state index in [1.165, 1.54) is 0 Å². The number of benzene rings is 1. The number of carboxylic acid groups (broad SMARTS) is 1. The normalized spacial score (nSPS) is 15.0. The van der Waals surface area contributed by atoms with Crippen molar-refractivity contribution in [2.45, 2.75) is 13.3 Å². The van der Waals surface area contributed by atoms with E-state index >= 15 is 0 Å². The van der Waals surface area contributed by atoms with Crippen LogP contribution in [0.5, 0.6) is 17.2 Å². The Balaban J connectivity index is 2.33. The number of fused-ring (bicyclic) bond motifs is 1. The van der Waals surface area contributed by atoms with Crippen molar-refractivity contribution in [2.75, 3.05) is 20.3 Å². The average molecular weight is 252 g/mol. The van der Waals surface area contributed by atoms with Crippen molar-refractivity contribution in [1.82, 2.24) is 0 Å². The third-order valence-corrected chi connectivity index (χ3v) is 2.90. The smallest absolute Gasteiger partial charge is 0.306 e. The number of hydrogen-bond donors (Lipinski definition) is 1. The first-order valence-corrected chi connectivity index (χ1v) is 5.81. The molecular formula is C13H16O5. The highest BCUT2D eigenvalue weighted by molar-refractivity contribution is 5.70. The summed E-state index contributed by atoms with van der Waals surface area (Å²) in [4.78, 5) is 10.9. The minimum Gasteiger partial charge on any atom is -0.492 e. The van der Waals surface area contributed by atoms with E-state index < -0.39 is 11.9 Å². The molecule has 1 aliphatic rings. The van der Waals surface area contributed by atoms with Crippen molar-refractivity contribution in [1.29, 1.82) is 0 Å². The van der Waals surface area contributed by atoms with Crippen LogP contribution in [0.25, 0.3) is 0 Å². The maximum absolute atomic E-state index is 10.9. The second-order valence-corrected chi connectivity index (χ2v) is 4.23. The Bertz CT molecular complexity index is 455. The van der Waals surface area contributed by atoms with E-state index in [2.05, 4.69) is 0 Å². The van der Waals surface area contributed by atoms with E-state index in [0.29, 0.717) is 36.9 Å². The maximum atomic E-state index is 10.9. The molecule has 5 nitrogen and oxygen atoms in total. The molecule has 0 bridgehead atoms. The predicted molar refractivity (Wildman–Crippen MR) is 64.5 cm³/mol. The fraction of sp³-hybridized carbons (Fsp3) is 0.462. The molecule has 0 radical (unpaired) electrons. The van der Waals surface area contributed by atoms with Crippen molar-refractivity contribution < 1.29 is 24.1 Å². The molecular weight excluding hydrogens is 236 g/mol. The zero-order valence-electron chi connectivity index (χ0n) is 10.4. The summed E-state index contributed by atoms with van der Waals surface area (Å²) in [5, 5.41) is 8.95. The van der Waals surface area contributed by atoms with Gasteiger partial charge in [0, 0.05) is 0 Å². The molecule has 0 fully saturated rings. The number of aliphatic carboxylic acids is 1. The minimum atomic E-state index is -0.827. The van der Waals surface area contributed by atoms with Gasteiger partial charge in [-0.25, -0.2) is 0 Å². The van der Waals surface area contributed by atoms with Gasteiger partial charge in [-0.2, -0.15) is 0 Å². The van der Waals surface area contributed by atoms with E-state index in [-0.39, 0.29) is 0 Å². The van der Waals surface area contributed by atoms with Crippen LogP contribution in [0.2, 0.25) is 0 Å². The summed E-state index contributed by atoms with van der Waals surface area (Å²) in [5.74, 6) is 0.484. The number of hydrogen-bond acceptors (Lipinski definition) is 4. The van der Waals surface area contributed by atoms with E-state index in [1.54, 1.807) is 20.1 Å². The summed E-state index contributed by atoms with van der Waals surface area (Å²) in [7, 11) is 1.54. The highest BCUT2D eigenvalue weighted by atomic mass is 16.6. The highest BCUT2D eigenvalue weighted by Gasteiger charge is 2.22. The molecule has 1 aromatic carbocycles. The second-order valence-electron chi connectivity index (χ2n) is 4.23. The fourth-order valence-corrected chi connectivity index (χ4v) is 1.93. The van der Waals surface area contributed by atoms with Gasteiger partial charge in [0.15, 0.2) is 11.5 Å². The van der Waals surface area contributed by atoms with Gasteiger partial charge < -0.3 is 19.3 Å². The Morgan fingerprint density at radius 2 is 2.17 bits per heavy atom. The van der Waals surface area contributed by atoms with Gasteiger partial charge in [0.25, 0.3) is 0 Å². The second kappa shape index (κ2) is 5.16. The maximum Gasteiger partial charge on any atom is 0.306 e. The van der Waals surface area contributed by atoms with Gasteiger partial charge in [0.05, 0.1) is 13.0 Å². The van der Waals surface area contributed by atoms with E-state index in [9.17, 15) is 4.79 Å². The van der Waals surface area contributed by atoms with E-state index in [0.717, 1.165) is 5.56 Å². The van der Waals surface area contributed by atoms with Gasteiger partial charge in [-0.3, -0.25) is 4.79 Å². The molecule has 0 aliphatic carbocycles. The SMILES string of the molecule is COc1c(CC(C)C(=O)O)ccc2c1OCCO2. The van der Waals surface area contributed by atoms with Crippen LogP contribution in [-0.2, 0) is 11.2 Å². The fourth-order valence-electron chi connectivity index (χ4n) is 1.93. The van der Waals surface area contributed by atoms with Crippen molar-refractivity contribution in [3.05, 3.63) is 17.7 Å². The lowest BCUT2D eigenvalue weighted by Gasteiger charge is -2.22. The lowest BCUT2D eigenvalue weighted by atomic mass is 10.00. The van der Waals surface area contributed by atoms with E-state index in [1.807, 2.05) is 6.07 Å². The predicted octanol–water partition coefficient (Wildman–Crippen LogP) is 1.73. The number of methoxy groups -OCH3 is 1. The van der Waals surface area contributed by atoms with Crippen LogP contribution in [0.15, 0.2) is 12.1 Å². The summed E-state index contributed by atoms with van der Waals surface area (Å²) in [6.45, 7) is 2.65. The molecule has 0 aromatic heterocycles. The summed E-state index contributed by atoms with van der Waals surface area (Å²) in [6, 6.07) is 3.62. The van der Waals surface area contributed by atoms with Crippen molar-refractivity contribution in [2.24, 2.45) is 5.92 Å². The first-order chi connectivity index (χ1) is 8.63. The molecule has 1 N–H and O–H groups in total. The number of carboxylic acids is 1. The molecule has 0 amide bonds. The Kier molecular flexibility index (Phi) is 3.60. The number of ether oxygens (including phenoxy) is 3. The third-order valence-electron chi connectivity index (χ3n) is 2.90. The Morgan fingerprint density at radius 3 is 2.83 bits per heavy atom. The minimum absolute atomic E-state index is 0.398. The summed E-state index contributed by atoms with van der Waals surface area (Å²) in [6.07, 6.45) is 0.398. The third kappa shape index (κ3) is 2.34. The van der Waals surface area contributed by atoms with Gasteiger partial charge in [0.2, 0.25) is 5.75 Å². The first-order valence-electron chi connectivity index (χ1n) is 5.81. The Labute approximate surface area is 105 Å². The van der Waals surface area contributed by atoms with Gasteiger partial charge in [-0.15, -0.1) is 0 Å². The standard InChI is InChI=1S/C13H16O5/c1-8(13(14)15)7-9-3-4-10-12(11(9)16-2)18-6-5-17-10/h3-4,8H,5-7H2,1-2H3,(H,14,15). The average Bonchev–Trinajstić information content (AvgIpc) is 2.38. The molecule has 0 saturated carbocycles. The highest BCUT2D eigenvalue weighted by Crippen LogP contribution is 2.42. The van der Waals surface area contributed by atoms with Crippen LogP contribution >= 0.6 is 0 Å². The van der Waals surface area contributed by atoms with Crippen LogP contribution in [0, 0.1) is 5.92 Å². The molecule has 1 heterocycles. The topological polar surface area (TPSA) is 65.0 Å². The lowest BCUT2D eigenvalue weighted by Crippen LogP contribution is -2.17. The monoisotopic (exact) mass is 252 g/mol. The van der Waals surface area contributed by atoms with Crippen LogP contribution in [0.1, 0.15) is 12.5 Å². The molecule has 0 spiro atoms. The molecule has 18 heavy (non-hydrogen) atoms. The molecule has 0 saturated heterocycles. The summed E-state index contributed by atoms with van der Waals surface area (Å²) < 4.78 is 16.3. The zero-order chi connectivity index (χ0) is 13.1. The first kappa shape index (κ1) is 12.5. The quantitative estimate of drug-likeness (QED) is 0.884. The van der Waals surface area contributed by atoms with Gasteiger partial charge in [-0.05, 0) is 18.1 Å². The van der Waals surface area contributed by atoms with Crippen LogP contribution < -0.4 is 14.2 Å². The van der Waals surface area contributed by atoms with Gasteiger partial charge in [0.1, 0.15) is 13.2 Å². The van der Waals surface area contributed by atoms with E-state index in [4.69, 9.17) is 19.3 Å². The molecule has 1 aromatic rings. The summed E-state index contributed by atoms with van der Waals surface area (Å²) >= 11 is 0. The lowest BCUT2D eigenvalue weighted by molar-refractivity contribution is -0.141. The Morgan fingerprint density at radius 1 is 1.44 bits per heavy atom. The molecule has 1 atom stereocenters. The van der Waals surface area contributed by atoms with Crippen molar-refractivity contribution in [3.8, 4) is 17.2 Å². The van der Waals surface area contributed by atoms with Crippen LogP contribution in [0.4, 0.5) is 0 Å². The largest absolute Gasteiger partial charge is 0.492 e. The molecule has 1 aliphatic heterocycles. The molecule has 98 valence electrons. The van der Waals surface area contributed by atoms with Crippen molar-refractivity contribution in [3.63, 3.8) is 0 Å². The molecule has 1 unspecified atom stereocenters. The molecule has 2 rings (SSSR count). The Hall–Kier alpha value is -1.91. The summed E-state index contributed by atoms with van der Waals surface area (Å²) in [5.41, 5.74) is 0.816. The van der Waals surface area contributed by atoms with Crippen LogP contribution in [-0.4, -0.2) is 31.4 Å². The number of rotatable bonds is 4. The van der Waals surface area contributed by atoms with Crippen LogP contribution in [0.3, 0.4) is 0 Å². The molecule has 5 heteroatoms.